The molecular weight excluding hydrogens is 270 g/mol. The zero-order chi connectivity index (χ0) is 15.0. The summed E-state index contributed by atoms with van der Waals surface area (Å²) in [5.74, 6) is -0.135. The van der Waals surface area contributed by atoms with Crippen LogP contribution in [-0.2, 0) is 11.2 Å². The van der Waals surface area contributed by atoms with Gasteiger partial charge in [-0.15, -0.1) is 0 Å². The summed E-state index contributed by atoms with van der Waals surface area (Å²) in [6, 6.07) is 8.08. The average Bonchev–Trinajstić information content (AvgIpc) is 2.47. The maximum Gasteiger partial charge on any atom is 0.244 e. The molecule has 0 heterocycles. The smallest absolute Gasteiger partial charge is 0.244 e. The minimum absolute atomic E-state index is 0.0242. The fourth-order valence-electron chi connectivity index (χ4n) is 1.84. The maximum atomic E-state index is 11.8. The third-order valence-electron chi connectivity index (χ3n) is 3.23. The number of thioether (sulfide) groups is 1. The van der Waals surface area contributed by atoms with E-state index in [9.17, 15) is 9.90 Å². The highest BCUT2D eigenvalue weighted by atomic mass is 32.2. The Labute approximate surface area is 125 Å². The predicted molar refractivity (Wildman–Crippen MR) is 86.8 cm³/mol. The monoisotopic (exact) mass is 293 g/mol. The number of hydrogen-bond donors (Lipinski definition) is 2. The zero-order valence-electron chi connectivity index (χ0n) is 12.3. The van der Waals surface area contributed by atoms with Gasteiger partial charge in [-0.25, -0.2) is 0 Å². The Morgan fingerprint density at radius 2 is 2.05 bits per heavy atom. The van der Waals surface area contributed by atoms with E-state index >= 15 is 0 Å². The highest BCUT2D eigenvalue weighted by Crippen LogP contribution is 2.10. The third-order valence-corrected chi connectivity index (χ3v) is 4.39. The van der Waals surface area contributed by atoms with E-state index in [1.54, 1.807) is 17.8 Å². The van der Waals surface area contributed by atoms with Gasteiger partial charge in [0.15, 0.2) is 0 Å². The van der Waals surface area contributed by atoms with E-state index in [1.165, 1.54) is 11.6 Å². The van der Waals surface area contributed by atoms with Gasteiger partial charge in [0.25, 0.3) is 0 Å². The lowest BCUT2D eigenvalue weighted by Crippen LogP contribution is -2.40. The van der Waals surface area contributed by atoms with E-state index in [0.717, 1.165) is 12.0 Å². The van der Waals surface area contributed by atoms with E-state index in [4.69, 9.17) is 0 Å². The van der Waals surface area contributed by atoms with Crippen molar-refractivity contribution in [2.24, 2.45) is 0 Å². The molecule has 1 aromatic carbocycles. The van der Waals surface area contributed by atoms with E-state index in [1.807, 2.05) is 25.3 Å². The normalized spacial score (nSPS) is 14.2. The van der Waals surface area contributed by atoms with Crippen molar-refractivity contribution in [2.75, 3.05) is 12.9 Å². The molecule has 2 N–H and O–H groups in total. The summed E-state index contributed by atoms with van der Waals surface area (Å²) in [5, 5.41) is 12.1. The lowest BCUT2D eigenvalue weighted by molar-refractivity contribution is -0.117. The molecule has 1 aromatic rings. The number of nitrogens with one attached hydrogen (secondary N) is 1. The second-order valence-electron chi connectivity index (χ2n) is 4.68. The minimum Gasteiger partial charge on any atom is -0.395 e. The molecule has 0 aliphatic heterocycles. The van der Waals surface area contributed by atoms with Crippen LogP contribution in [0.1, 0.15) is 25.0 Å². The highest BCUT2D eigenvalue weighted by Gasteiger charge is 2.15. The van der Waals surface area contributed by atoms with Crippen LogP contribution in [0.4, 0.5) is 0 Å². The number of aliphatic hydroxyl groups is 1. The molecule has 0 aromatic heterocycles. The quantitative estimate of drug-likeness (QED) is 0.759. The van der Waals surface area contributed by atoms with Crippen LogP contribution in [0.2, 0.25) is 0 Å². The van der Waals surface area contributed by atoms with Gasteiger partial charge in [0.05, 0.1) is 6.61 Å². The molecule has 0 saturated carbocycles. The predicted octanol–water partition coefficient (Wildman–Crippen LogP) is 2.49. The molecule has 1 amide bonds. The molecule has 4 heteroatoms. The summed E-state index contributed by atoms with van der Waals surface area (Å²) in [7, 11) is 0. The van der Waals surface area contributed by atoms with E-state index < -0.39 is 0 Å². The molecule has 0 aliphatic carbocycles. The van der Waals surface area contributed by atoms with Crippen LogP contribution < -0.4 is 5.32 Å². The first-order valence-corrected chi connectivity index (χ1v) is 8.10. The number of amides is 1. The molecule has 0 bridgehead atoms. The summed E-state index contributed by atoms with van der Waals surface area (Å²) in [6.07, 6.45) is 6.27. The van der Waals surface area contributed by atoms with Crippen LogP contribution in [0.5, 0.6) is 0 Å². The first-order chi connectivity index (χ1) is 9.60. The van der Waals surface area contributed by atoms with Gasteiger partial charge in [0, 0.05) is 17.4 Å². The number of carbonyl (C=O) groups is 1. The van der Waals surface area contributed by atoms with E-state index in [-0.39, 0.29) is 23.8 Å². The summed E-state index contributed by atoms with van der Waals surface area (Å²) >= 11 is 1.55. The molecule has 2 unspecified atom stereocenters. The van der Waals surface area contributed by atoms with Gasteiger partial charge in [0.2, 0.25) is 5.91 Å². The third kappa shape index (κ3) is 5.39. The topological polar surface area (TPSA) is 49.3 Å². The summed E-state index contributed by atoms with van der Waals surface area (Å²) in [6.45, 7) is 4.08. The summed E-state index contributed by atoms with van der Waals surface area (Å²) in [5.41, 5.74) is 2.29. The molecule has 20 heavy (non-hydrogen) atoms. The van der Waals surface area contributed by atoms with Gasteiger partial charge in [-0.3, -0.25) is 4.79 Å². The van der Waals surface area contributed by atoms with Crippen molar-refractivity contribution in [3.63, 3.8) is 0 Å². The Balaban J connectivity index is 2.54. The van der Waals surface area contributed by atoms with Crippen molar-refractivity contribution in [1.82, 2.24) is 5.32 Å². The molecule has 0 spiro atoms. The van der Waals surface area contributed by atoms with Crippen LogP contribution in [0.25, 0.3) is 6.08 Å². The molecule has 0 saturated heterocycles. The Morgan fingerprint density at radius 3 is 2.55 bits per heavy atom. The first-order valence-electron chi connectivity index (χ1n) is 6.81. The van der Waals surface area contributed by atoms with Crippen LogP contribution in [-0.4, -0.2) is 35.2 Å². The number of hydrogen-bond acceptors (Lipinski definition) is 3. The number of aliphatic hydroxyl groups excluding tert-OH is 1. The van der Waals surface area contributed by atoms with E-state index in [0.29, 0.717) is 0 Å². The number of benzene rings is 1. The standard InChI is InChI=1S/C16H23NO2S/c1-4-13-5-7-14(8-6-13)9-10-16(19)17-12(2)15(11-18)20-3/h5-10,12,15,18H,4,11H2,1-3H3,(H,17,19)/b10-9+. The molecule has 3 nitrogen and oxygen atoms in total. The lowest BCUT2D eigenvalue weighted by atomic mass is 10.1. The number of carbonyl (C=O) groups excluding carboxylic acids is 1. The molecule has 2 atom stereocenters. The van der Waals surface area contributed by atoms with Crippen LogP contribution >= 0.6 is 11.8 Å². The molecule has 1 rings (SSSR count). The Bertz CT molecular complexity index is 438. The van der Waals surface area contributed by atoms with Gasteiger partial charge in [-0.1, -0.05) is 31.2 Å². The lowest BCUT2D eigenvalue weighted by Gasteiger charge is -2.20. The van der Waals surface area contributed by atoms with Gasteiger partial charge in [-0.05, 0) is 36.8 Å². The fourth-order valence-corrected chi connectivity index (χ4v) is 2.46. The largest absolute Gasteiger partial charge is 0.395 e. The maximum absolute atomic E-state index is 11.8. The average molecular weight is 293 g/mol. The Morgan fingerprint density at radius 1 is 1.40 bits per heavy atom. The summed E-state index contributed by atoms with van der Waals surface area (Å²) in [4.78, 5) is 11.8. The second-order valence-corrected chi connectivity index (χ2v) is 5.76. The van der Waals surface area contributed by atoms with Crippen molar-refractivity contribution in [2.45, 2.75) is 31.6 Å². The molecule has 0 radical (unpaired) electrons. The van der Waals surface area contributed by atoms with Crippen LogP contribution in [0.3, 0.4) is 0 Å². The van der Waals surface area contributed by atoms with Gasteiger partial charge in [0.1, 0.15) is 0 Å². The van der Waals surface area contributed by atoms with Crippen molar-refractivity contribution < 1.29 is 9.90 Å². The first kappa shape index (κ1) is 16.8. The van der Waals surface area contributed by atoms with Gasteiger partial charge < -0.3 is 10.4 Å². The van der Waals surface area contributed by atoms with Gasteiger partial charge >= 0.3 is 0 Å². The fraction of sp³-hybridized carbons (Fsp3) is 0.438. The van der Waals surface area contributed by atoms with E-state index in [2.05, 4.69) is 24.4 Å². The van der Waals surface area contributed by atoms with Crippen molar-refractivity contribution in [3.8, 4) is 0 Å². The Kier molecular flexibility index (Phi) is 7.41. The van der Waals surface area contributed by atoms with Gasteiger partial charge in [-0.2, -0.15) is 11.8 Å². The SMILES string of the molecule is CCc1ccc(/C=C/C(=O)NC(C)C(CO)SC)cc1. The molecule has 0 aliphatic rings. The van der Waals surface area contributed by atoms with Crippen LogP contribution in [0.15, 0.2) is 30.3 Å². The van der Waals surface area contributed by atoms with Crippen molar-refractivity contribution in [3.05, 3.63) is 41.5 Å². The summed E-state index contributed by atoms with van der Waals surface area (Å²) < 4.78 is 0. The van der Waals surface area contributed by atoms with Crippen molar-refractivity contribution in [1.29, 1.82) is 0 Å². The number of rotatable bonds is 7. The molecule has 110 valence electrons. The minimum atomic E-state index is -0.135. The van der Waals surface area contributed by atoms with Crippen molar-refractivity contribution >= 4 is 23.7 Å². The van der Waals surface area contributed by atoms with Crippen LogP contribution in [0, 0.1) is 0 Å². The Hall–Kier alpha value is -1.26. The number of aryl methyl sites for hydroxylation is 1. The zero-order valence-corrected chi connectivity index (χ0v) is 13.1. The second kappa shape index (κ2) is 8.82. The highest BCUT2D eigenvalue weighted by molar-refractivity contribution is 7.99. The molecule has 0 fully saturated rings. The molecular formula is C16H23NO2S.